The SMILES string of the molecule is COC(=O)C(=[N+]=[N-])C(C)O. The molecule has 0 aliphatic carbocycles. The molecule has 0 radical (unpaired) electrons. The summed E-state index contributed by atoms with van der Waals surface area (Å²) in [6.45, 7) is 1.30. The van der Waals surface area contributed by atoms with Crippen LogP contribution in [0.25, 0.3) is 5.53 Å². The first-order chi connectivity index (χ1) is 4.63. The average Bonchev–Trinajstić information content (AvgIpc) is 1.88. The largest absolute Gasteiger partial charge is 0.460 e. The van der Waals surface area contributed by atoms with E-state index in [4.69, 9.17) is 10.6 Å². The highest BCUT2D eigenvalue weighted by atomic mass is 16.5. The van der Waals surface area contributed by atoms with E-state index in [1.54, 1.807) is 0 Å². The molecular weight excluding hydrogens is 136 g/mol. The monoisotopic (exact) mass is 144 g/mol. The number of rotatable bonds is 2. The second-order valence-corrected chi connectivity index (χ2v) is 1.65. The van der Waals surface area contributed by atoms with Crippen LogP contribution in [0.5, 0.6) is 0 Å². The van der Waals surface area contributed by atoms with Gasteiger partial charge in [-0.1, -0.05) is 0 Å². The van der Waals surface area contributed by atoms with Crippen LogP contribution < -0.4 is 0 Å². The van der Waals surface area contributed by atoms with Crippen LogP contribution in [0.3, 0.4) is 0 Å². The zero-order valence-corrected chi connectivity index (χ0v) is 5.74. The van der Waals surface area contributed by atoms with Crippen molar-refractivity contribution in [2.45, 2.75) is 13.0 Å². The van der Waals surface area contributed by atoms with E-state index in [0.29, 0.717) is 0 Å². The lowest BCUT2D eigenvalue weighted by Gasteiger charge is -1.94. The van der Waals surface area contributed by atoms with Crippen LogP contribution in [0.4, 0.5) is 0 Å². The van der Waals surface area contributed by atoms with Gasteiger partial charge in [-0.15, -0.1) is 0 Å². The lowest BCUT2D eigenvalue weighted by molar-refractivity contribution is -0.138. The fourth-order valence-corrected chi connectivity index (χ4v) is 0.400. The van der Waals surface area contributed by atoms with Crippen molar-refractivity contribution in [1.29, 1.82) is 0 Å². The number of nitrogens with zero attached hydrogens (tertiary/aromatic N) is 2. The van der Waals surface area contributed by atoms with Crippen molar-refractivity contribution >= 4 is 11.7 Å². The van der Waals surface area contributed by atoms with E-state index in [1.165, 1.54) is 6.92 Å². The fourth-order valence-electron chi connectivity index (χ4n) is 0.400. The van der Waals surface area contributed by atoms with Crippen molar-refractivity contribution in [3.63, 3.8) is 0 Å². The van der Waals surface area contributed by atoms with Crippen LogP contribution in [-0.2, 0) is 9.53 Å². The van der Waals surface area contributed by atoms with Crippen LogP contribution in [0.1, 0.15) is 6.92 Å². The molecule has 0 rings (SSSR count). The van der Waals surface area contributed by atoms with Gasteiger partial charge in [-0.05, 0) is 6.92 Å². The highest BCUT2D eigenvalue weighted by molar-refractivity contribution is 6.35. The minimum absolute atomic E-state index is 0.400. The summed E-state index contributed by atoms with van der Waals surface area (Å²) in [5.41, 5.74) is 7.72. The summed E-state index contributed by atoms with van der Waals surface area (Å²) >= 11 is 0. The molecule has 10 heavy (non-hydrogen) atoms. The molecule has 0 aromatic rings. The molecule has 56 valence electrons. The third kappa shape index (κ3) is 1.97. The van der Waals surface area contributed by atoms with Gasteiger partial charge in [0.2, 0.25) is 0 Å². The number of methoxy groups -OCH3 is 1. The molecule has 0 spiro atoms. The smallest absolute Gasteiger partial charge is 0.419 e. The van der Waals surface area contributed by atoms with Gasteiger partial charge in [0.05, 0.1) is 7.11 Å². The number of carbonyl (C=O) groups is 1. The highest BCUT2D eigenvalue weighted by Gasteiger charge is 2.26. The van der Waals surface area contributed by atoms with Gasteiger partial charge in [-0.2, -0.15) is 4.79 Å². The number of aliphatic hydroxyl groups is 1. The predicted octanol–water partition coefficient (Wildman–Crippen LogP) is -0.789. The Labute approximate surface area is 57.9 Å². The first-order valence-corrected chi connectivity index (χ1v) is 2.61. The molecule has 0 aromatic carbocycles. The summed E-state index contributed by atoms with van der Waals surface area (Å²) in [6.07, 6.45) is -1.11. The number of carbonyl (C=O) groups excluding carboxylic acids is 1. The molecular formula is C5H8N2O3. The van der Waals surface area contributed by atoms with Gasteiger partial charge < -0.3 is 15.4 Å². The second-order valence-electron chi connectivity index (χ2n) is 1.65. The van der Waals surface area contributed by atoms with Gasteiger partial charge in [0, 0.05) is 0 Å². The van der Waals surface area contributed by atoms with Gasteiger partial charge >= 0.3 is 11.7 Å². The molecule has 0 aliphatic rings. The van der Waals surface area contributed by atoms with Crippen LogP contribution >= 0.6 is 0 Å². The zero-order valence-electron chi connectivity index (χ0n) is 5.74. The summed E-state index contributed by atoms with van der Waals surface area (Å²) in [6, 6.07) is 0. The van der Waals surface area contributed by atoms with Gasteiger partial charge in [-0.25, -0.2) is 4.79 Å². The molecule has 0 heterocycles. The van der Waals surface area contributed by atoms with Crippen LogP contribution in [0.2, 0.25) is 0 Å². The Bertz CT molecular complexity index is 181. The number of hydrogen-bond acceptors (Lipinski definition) is 3. The quantitative estimate of drug-likeness (QED) is 0.238. The lowest BCUT2D eigenvalue weighted by atomic mass is 10.2. The van der Waals surface area contributed by atoms with E-state index in [9.17, 15) is 4.79 Å². The molecule has 5 heteroatoms. The summed E-state index contributed by atoms with van der Waals surface area (Å²) < 4.78 is 4.17. The summed E-state index contributed by atoms with van der Waals surface area (Å²) in [7, 11) is 1.13. The molecule has 5 nitrogen and oxygen atoms in total. The predicted molar refractivity (Wildman–Crippen MR) is 32.3 cm³/mol. The molecule has 0 fully saturated rings. The van der Waals surface area contributed by atoms with Crippen molar-refractivity contribution in [3.8, 4) is 0 Å². The molecule has 0 aliphatic heterocycles. The summed E-state index contributed by atoms with van der Waals surface area (Å²) in [5, 5.41) is 8.72. The molecule has 1 atom stereocenters. The maximum atomic E-state index is 10.5. The topological polar surface area (TPSA) is 82.9 Å². The maximum Gasteiger partial charge on any atom is 0.419 e. The second kappa shape index (κ2) is 3.76. The van der Waals surface area contributed by atoms with Gasteiger partial charge in [-0.3, -0.25) is 0 Å². The summed E-state index contributed by atoms with van der Waals surface area (Å²) in [5.74, 6) is -0.836. The third-order valence-electron chi connectivity index (χ3n) is 0.898. The average molecular weight is 144 g/mol. The van der Waals surface area contributed by atoms with E-state index >= 15 is 0 Å². The van der Waals surface area contributed by atoms with Gasteiger partial charge in [0.15, 0.2) is 6.10 Å². The molecule has 0 bridgehead atoms. The molecule has 1 N–H and O–H groups in total. The minimum atomic E-state index is -1.11. The maximum absolute atomic E-state index is 10.5. The van der Waals surface area contributed by atoms with Crippen LogP contribution in [0.15, 0.2) is 0 Å². The van der Waals surface area contributed by atoms with Crippen molar-refractivity contribution in [2.75, 3.05) is 7.11 Å². The van der Waals surface area contributed by atoms with Crippen LogP contribution in [-0.4, -0.2) is 34.8 Å². The summed E-state index contributed by atoms with van der Waals surface area (Å²) in [4.78, 5) is 13.1. The van der Waals surface area contributed by atoms with Gasteiger partial charge in [0.1, 0.15) is 0 Å². The Morgan fingerprint density at radius 2 is 2.30 bits per heavy atom. The lowest BCUT2D eigenvalue weighted by Crippen LogP contribution is -2.28. The first kappa shape index (κ1) is 8.81. The molecule has 0 aromatic heterocycles. The van der Waals surface area contributed by atoms with E-state index in [0.717, 1.165) is 7.11 Å². The Kier molecular flexibility index (Phi) is 3.32. The number of ether oxygens (including phenoxy) is 1. The normalized spacial score (nSPS) is 11.5. The molecule has 0 saturated heterocycles. The standard InChI is InChI=1S/C5H8N2O3/c1-3(8)4(7-6)5(9)10-2/h3,8H,1-2H3. The van der Waals surface area contributed by atoms with Crippen molar-refractivity contribution in [3.05, 3.63) is 5.53 Å². The Balaban J connectivity index is 4.39. The number of aliphatic hydroxyl groups excluding tert-OH is 1. The van der Waals surface area contributed by atoms with E-state index in [-0.39, 0.29) is 0 Å². The third-order valence-corrected chi connectivity index (χ3v) is 0.898. The Hall–Kier alpha value is -1.19. The van der Waals surface area contributed by atoms with Crippen molar-refractivity contribution < 1.29 is 19.4 Å². The number of hydrogen-bond donors (Lipinski definition) is 1. The van der Waals surface area contributed by atoms with E-state index in [2.05, 4.69) is 9.53 Å². The van der Waals surface area contributed by atoms with Crippen molar-refractivity contribution in [1.82, 2.24) is 0 Å². The molecule has 1 unspecified atom stereocenters. The van der Waals surface area contributed by atoms with Crippen LogP contribution in [0, 0.1) is 0 Å². The Morgan fingerprint density at radius 3 is 2.40 bits per heavy atom. The molecule has 0 saturated carbocycles. The van der Waals surface area contributed by atoms with Gasteiger partial charge in [0.25, 0.3) is 0 Å². The number of esters is 1. The highest BCUT2D eigenvalue weighted by Crippen LogP contribution is 1.85. The first-order valence-electron chi connectivity index (χ1n) is 2.61. The van der Waals surface area contributed by atoms with Crippen molar-refractivity contribution in [2.24, 2.45) is 0 Å². The van der Waals surface area contributed by atoms with E-state index in [1.807, 2.05) is 0 Å². The van der Waals surface area contributed by atoms with E-state index < -0.39 is 17.8 Å². The molecule has 0 amide bonds. The minimum Gasteiger partial charge on any atom is -0.460 e. The fraction of sp³-hybridized carbons (Fsp3) is 0.600. The Morgan fingerprint density at radius 1 is 1.80 bits per heavy atom. The zero-order chi connectivity index (χ0) is 8.15.